The second-order valence-electron chi connectivity index (χ2n) is 5.22. The van der Waals surface area contributed by atoms with E-state index in [4.69, 9.17) is 9.47 Å². The van der Waals surface area contributed by atoms with Gasteiger partial charge in [-0.3, -0.25) is 14.9 Å². The smallest absolute Gasteiger partial charge is 0.409 e. The lowest BCUT2D eigenvalue weighted by Crippen LogP contribution is -2.51. The van der Waals surface area contributed by atoms with Crippen molar-refractivity contribution < 1.29 is 28.4 Å². The highest BCUT2D eigenvalue weighted by molar-refractivity contribution is 5.78. The van der Waals surface area contributed by atoms with Crippen LogP contribution in [0.15, 0.2) is 18.2 Å². The first kappa shape index (κ1) is 18.4. The maximum Gasteiger partial charge on any atom is 0.409 e. The van der Waals surface area contributed by atoms with Crippen LogP contribution in [0.25, 0.3) is 0 Å². The molecule has 9 nitrogen and oxygen atoms in total. The molecule has 0 atom stereocenters. The minimum atomic E-state index is -0.711. The monoisotopic (exact) mass is 355 g/mol. The number of rotatable bonds is 5. The van der Waals surface area contributed by atoms with Crippen LogP contribution in [-0.4, -0.2) is 66.1 Å². The lowest BCUT2D eigenvalue weighted by molar-refractivity contribution is -0.385. The average molecular weight is 355 g/mol. The van der Waals surface area contributed by atoms with Gasteiger partial charge in [0.05, 0.1) is 11.5 Å². The Kier molecular flexibility index (Phi) is 6.09. The number of amides is 2. The zero-order valence-electron chi connectivity index (χ0n) is 13.6. The van der Waals surface area contributed by atoms with Crippen molar-refractivity contribution in [3.63, 3.8) is 0 Å². The Morgan fingerprint density at radius 2 is 1.88 bits per heavy atom. The summed E-state index contributed by atoms with van der Waals surface area (Å²) >= 11 is 0. The van der Waals surface area contributed by atoms with Gasteiger partial charge in [-0.25, -0.2) is 9.18 Å². The number of piperazine rings is 1. The highest BCUT2D eigenvalue weighted by atomic mass is 19.1. The molecule has 0 bridgehead atoms. The summed E-state index contributed by atoms with van der Waals surface area (Å²) in [5, 5.41) is 10.9. The predicted octanol–water partition coefficient (Wildman–Crippen LogP) is 1.41. The third kappa shape index (κ3) is 4.78. The normalized spacial score (nSPS) is 14.2. The van der Waals surface area contributed by atoms with Gasteiger partial charge >= 0.3 is 11.8 Å². The van der Waals surface area contributed by atoms with E-state index in [2.05, 4.69) is 0 Å². The van der Waals surface area contributed by atoms with E-state index in [1.165, 1.54) is 9.80 Å². The van der Waals surface area contributed by atoms with Gasteiger partial charge in [0.1, 0.15) is 5.82 Å². The fraction of sp³-hybridized carbons (Fsp3) is 0.467. The third-order valence-electron chi connectivity index (χ3n) is 3.63. The molecule has 0 spiro atoms. The average Bonchev–Trinajstić information content (AvgIpc) is 2.59. The molecule has 25 heavy (non-hydrogen) atoms. The van der Waals surface area contributed by atoms with Crippen molar-refractivity contribution in [1.82, 2.24) is 9.80 Å². The molecule has 1 heterocycles. The molecule has 0 aliphatic carbocycles. The van der Waals surface area contributed by atoms with E-state index < -0.39 is 35.0 Å². The van der Waals surface area contributed by atoms with Crippen molar-refractivity contribution in [3.8, 4) is 5.75 Å². The summed E-state index contributed by atoms with van der Waals surface area (Å²) in [4.78, 5) is 36.9. The number of nitro benzene ring substituents is 1. The van der Waals surface area contributed by atoms with Crippen molar-refractivity contribution in [2.45, 2.75) is 6.92 Å². The summed E-state index contributed by atoms with van der Waals surface area (Å²) in [7, 11) is 0. The Bertz CT molecular complexity index is 661. The minimum Gasteiger partial charge on any atom is -0.477 e. The lowest BCUT2D eigenvalue weighted by atomic mass is 10.3. The lowest BCUT2D eigenvalue weighted by Gasteiger charge is -2.33. The van der Waals surface area contributed by atoms with Crippen LogP contribution >= 0.6 is 0 Å². The summed E-state index contributed by atoms with van der Waals surface area (Å²) in [6, 6.07) is 2.79. The first-order valence-corrected chi connectivity index (χ1v) is 7.68. The fourth-order valence-corrected chi connectivity index (χ4v) is 2.34. The Hall–Kier alpha value is -2.91. The van der Waals surface area contributed by atoms with E-state index in [1.54, 1.807) is 6.92 Å². The fourth-order valence-electron chi connectivity index (χ4n) is 2.34. The van der Waals surface area contributed by atoms with Crippen molar-refractivity contribution in [1.29, 1.82) is 0 Å². The van der Waals surface area contributed by atoms with E-state index in [0.717, 1.165) is 18.2 Å². The quantitative estimate of drug-likeness (QED) is 0.585. The molecular formula is C15H18FN3O6. The highest BCUT2D eigenvalue weighted by Gasteiger charge is 2.25. The Morgan fingerprint density at radius 1 is 1.24 bits per heavy atom. The van der Waals surface area contributed by atoms with Crippen LogP contribution < -0.4 is 4.74 Å². The van der Waals surface area contributed by atoms with E-state index in [9.17, 15) is 24.1 Å². The summed E-state index contributed by atoms with van der Waals surface area (Å²) in [6.07, 6.45) is -0.429. The first-order valence-electron chi connectivity index (χ1n) is 7.68. The minimum absolute atomic E-state index is 0.276. The van der Waals surface area contributed by atoms with Gasteiger partial charge in [-0.2, -0.15) is 0 Å². The summed E-state index contributed by atoms with van der Waals surface area (Å²) in [5.41, 5.74) is -0.415. The Labute approximate surface area is 143 Å². The van der Waals surface area contributed by atoms with Crippen LogP contribution in [-0.2, 0) is 9.53 Å². The van der Waals surface area contributed by atoms with Crippen molar-refractivity contribution in [2.24, 2.45) is 0 Å². The van der Waals surface area contributed by atoms with E-state index in [-0.39, 0.29) is 12.4 Å². The van der Waals surface area contributed by atoms with E-state index >= 15 is 0 Å². The van der Waals surface area contributed by atoms with Crippen molar-refractivity contribution >= 4 is 17.7 Å². The summed E-state index contributed by atoms with van der Waals surface area (Å²) in [6.45, 7) is 2.77. The maximum atomic E-state index is 13.2. The standard InChI is InChI=1S/C15H18FN3O6/c1-2-24-15(21)18-7-5-17(6-8-18)14(20)10-25-13-9-11(16)3-4-12(13)19(22)23/h3-4,9H,2,5-8,10H2,1H3. The van der Waals surface area contributed by atoms with Gasteiger partial charge in [-0.1, -0.05) is 0 Å². The van der Waals surface area contributed by atoms with Crippen LogP contribution in [0.2, 0.25) is 0 Å². The molecule has 0 unspecified atom stereocenters. The number of halogens is 1. The van der Waals surface area contributed by atoms with Crippen LogP contribution in [0.1, 0.15) is 6.92 Å². The number of nitro groups is 1. The van der Waals surface area contributed by atoms with Crippen LogP contribution in [0, 0.1) is 15.9 Å². The second kappa shape index (κ2) is 8.27. The molecule has 0 saturated carbocycles. The summed E-state index contributed by atoms with van der Waals surface area (Å²) in [5.74, 6) is -1.40. The molecule has 1 aromatic carbocycles. The Morgan fingerprint density at radius 3 is 2.48 bits per heavy atom. The van der Waals surface area contributed by atoms with E-state index in [0.29, 0.717) is 26.2 Å². The molecule has 10 heteroatoms. The first-order chi connectivity index (χ1) is 11.9. The number of nitrogens with zero attached hydrogens (tertiary/aromatic N) is 3. The number of ether oxygens (including phenoxy) is 2. The van der Waals surface area contributed by atoms with Gasteiger partial charge in [0.2, 0.25) is 5.75 Å². The molecule has 1 saturated heterocycles. The topological polar surface area (TPSA) is 102 Å². The molecule has 2 amide bonds. The largest absolute Gasteiger partial charge is 0.477 e. The molecule has 2 rings (SSSR count). The van der Waals surface area contributed by atoms with Gasteiger partial charge < -0.3 is 19.3 Å². The zero-order valence-corrected chi connectivity index (χ0v) is 13.6. The second-order valence-corrected chi connectivity index (χ2v) is 5.22. The predicted molar refractivity (Wildman–Crippen MR) is 83.7 cm³/mol. The van der Waals surface area contributed by atoms with Gasteiger partial charge in [-0.05, 0) is 13.0 Å². The highest BCUT2D eigenvalue weighted by Crippen LogP contribution is 2.27. The van der Waals surface area contributed by atoms with Crippen LogP contribution in [0.5, 0.6) is 5.75 Å². The van der Waals surface area contributed by atoms with Gasteiger partial charge in [0.15, 0.2) is 6.61 Å². The number of benzene rings is 1. The van der Waals surface area contributed by atoms with Gasteiger partial charge in [0, 0.05) is 38.3 Å². The molecule has 0 radical (unpaired) electrons. The molecule has 1 fully saturated rings. The Balaban J connectivity index is 1.89. The molecule has 136 valence electrons. The number of carbonyl (C=O) groups excluding carboxylic acids is 2. The zero-order chi connectivity index (χ0) is 18.4. The van der Waals surface area contributed by atoms with Crippen LogP contribution in [0.4, 0.5) is 14.9 Å². The molecular weight excluding hydrogens is 337 g/mol. The molecule has 0 N–H and O–H groups in total. The number of hydrogen-bond acceptors (Lipinski definition) is 6. The third-order valence-corrected chi connectivity index (χ3v) is 3.63. The maximum absolute atomic E-state index is 13.2. The SMILES string of the molecule is CCOC(=O)N1CCN(C(=O)COc2cc(F)ccc2[N+](=O)[O-])CC1. The van der Waals surface area contributed by atoms with Crippen LogP contribution in [0.3, 0.4) is 0 Å². The molecule has 1 aliphatic rings. The summed E-state index contributed by atoms with van der Waals surface area (Å²) < 4.78 is 23.2. The van der Waals surface area contributed by atoms with Gasteiger partial charge in [-0.15, -0.1) is 0 Å². The van der Waals surface area contributed by atoms with Gasteiger partial charge in [0.25, 0.3) is 5.91 Å². The number of hydrogen-bond donors (Lipinski definition) is 0. The molecule has 1 aliphatic heterocycles. The van der Waals surface area contributed by atoms with Crippen molar-refractivity contribution in [2.75, 3.05) is 39.4 Å². The van der Waals surface area contributed by atoms with Crippen molar-refractivity contribution in [3.05, 3.63) is 34.1 Å². The number of carbonyl (C=O) groups is 2. The molecule has 1 aromatic rings. The molecule has 0 aromatic heterocycles. The van der Waals surface area contributed by atoms with E-state index in [1.807, 2.05) is 0 Å².